The number of aromatic nitrogens is 5. The van der Waals surface area contributed by atoms with Crippen molar-refractivity contribution in [2.24, 2.45) is 7.05 Å². The van der Waals surface area contributed by atoms with Crippen LogP contribution in [0.3, 0.4) is 0 Å². The smallest absolute Gasteiger partial charge is 0.274 e. The van der Waals surface area contributed by atoms with Crippen LogP contribution in [-0.4, -0.2) is 35.5 Å². The van der Waals surface area contributed by atoms with Gasteiger partial charge in [-0.05, 0) is 17.7 Å². The van der Waals surface area contributed by atoms with Crippen molar-refractivity contribution < 1.29 is 9.59 Å². The van der Waals surface area contributed by atoms with E-state index < -0.39 is 11.1 Å². The van der Waals surface area contributed by atoms with E-state index in [2.05, 4.69) is 20.5 Å². The van der Waals surface area contributed by atoms with E-state index in [4.69, 9.17) is 11.6 Å². The summed E-state index contributed by atoms with van der Waals surface area (Å²) in [5.41, 5.74) is 2.11. The first kappa shape index (κ1) is 16.9. The standard InChI is InChI=1S/C18H13ClN6O2/c1-24-15(13(10-20-24)16(19)26)18(27)21-12-7-8-25-14(9-12)22-17(23-25)11-5-3-2-4-6-11/h2-10H,1H3,(H,21,27). The number of pyridine rings is 1. The fraction of sp³-hybridized carbons (Fsp3) is 0.0556. The molecule has 27 heavy (non-hydrogen) atoms. The van der Waals surface area contributed by atoms with E-state index >= 15 is 0 Å². The van der Waals surface area contributed by atoms with Crippen molar-refractivity contribution in [3.05, 3.63) is 66.1 Å². The Hall–Kier alpha value is -3.52. The molecule has 0 unspecified atom stereocenters. The second kappa shape index (κ2) is 6.65. The SMILES string of the molecule is Cn1ncc(C(=O)Cl)c1C(=O)Nc1ccn2nc(-c3ccccc3)nc2c1. The van der Waals surface area contributed by atoms with Gasteiger partial charge in [-0.2, -0.15) is 5.10 Å². The van der Waals surface area contributed by atoms with Crippen LogP contribution in [0.4, 0.5) is 5.69 Å². The third-order valence-corrected chi connectivity index (χ3v) is 4.20. The number of anilines is 1. The van der Waals surface area contributed by atoms with Gasteiger partial charge in [-0.1, -0.05) is 30.3 Å². The Morgan fingerprint density at radius 2 is 1.93 bits per heavy atom. The number of amides is 1. The van der Waals surface area contributed by atoms with Gasteiger partial charge in [-0.15, -0.1) is 5.10 Å². The predicted molar refractivity (Wildman–Crippen MR) is 99.8 cm³/mol. The average molecular weight is 381 g/mol. The van der Waals surface area contributed by atoms with Gasteiger partial charge in [0.2, 0.25) is 0 Å². The topological polar surface area (TPSA) is 94.2 Å². The molecule has 3 aromatic heterocycles. The molecule has 1 N–H and O–H groups in total. The Morgan fingerprint density at radius 1 is 1.15 bits per heavy atom. The summed E-state index contributed by atoms with van der Waals surface area (Å²) in [4.78, 5) is 28.5. The minimum absolute atomic E-state index is 0.0478. The summed E-state index contributed by atoms with van der Waals surface area (Å²) in [5.74, 6) is 0.0897. The maximum Gasteiger partial charge on any atom is 0.274 e. The Morgan fingerprint density at radius 3 is 2.67 bits per heavy atom. The minimum atomic E-state index is -0.742. The number of fused-ring (bicyclic) bond motifs is 1. The van der Waals surface area contributed by atoms with Crippen molar-refractivity contribution in [3.8, 4) is 11.4 Å². The van der Waals surface area contributed by atoms with E-state index in [1.54, 1.807) is 29.9 Å². The molecule has 8 nitrogen and oxygen atoms in total. The van der Waals surface area contributed by atoms with Gasteiger partial charge in [0.15, 0.2) is 11.5 Å². The zero-order chi connectivity index (χ0) is 19.0. The molecule has 0 saturated heterocycles. The minimum Gasteiger partial charge on any atom is -0.320 e. The number of hydrogen-bond acceptors (Lipinski definition) is 5. The predicted octanol–water partition coefficient (Wildman–Crippen LogP) is 2.76. The van der Waals surface area contributed by atoms with E-state index in [-0.39, 0.29) is 11.3 Å². The van der Waals surface area contributed by atoms with E-state index in [0.717, 1.165) is 5.56 Å². The van der Waals surface area contributed by atoms with Crippen molar-refractivity contribution in [1.29, 1.82) is 0 Å². The molecule has 0 aliphatic carbocycles. The lowest BCUT2D eigenvalue weighted by Gasteiger charge is -2.06. The first-order chi connectivity index (χ1) is 13.0. The van der Waals surface area contributed by atoms with Crippen LogP contribution in [0.5, 0.6) is 0 Å². The zero-order valence-electron chi connectivity index (χ0n) is 14.1. The number of hydrogen-bond donors (Lipinski definition) is 1. The number of halogens is 1. The van der Waals surface area contributed by atoms with Crippen LogP contribution in [0, 0.1) is 0 Å². The molecule has 0 radical (unpaired) electrons. The molecule has 4 aromatic rings. The highest BCUT2D eigenvalue weighted by molar-refractivity contribution is 6.68. The summed E-state index contributed by atoms with van der Waals surface area (Å²) in [5, 5.41) is 10.3. The number of carbonyl (C=O) groups excluding carboxylic acids is 2. The van der Waals surface area contributed by atoms with Crippen LogP contribution >= 0.6 is 11.6 Å². The molecule has 134 valence electrons. The molecule has 1 amide bonds. The van der Waals surface area contributed by atoms with Gasteiger partial charge >= 0.3 is 0 Å². The molecular weight excluding hydrogens is 368 g/mol. The molecule has 0 aliphatic rings. The molecule has 0 atom stereocenters. The monoisotopic (exact) mass is 380 g/mol. The number of rotatable bonds is 4. The Kier molecular flexibility index (Phi) is 4.17. The fourth-order valence-electron chi connectivity index (χ4n) is 2.71. The largest absolute Gasteiger partial charge is 0.320 e. The highest BCUT2D eigenvalue weighted by atomic mass is 35.5. The summed E-state index contributed by atoms with van der Waals surface area (Å²) in [6.45, 7) is 0. The molecular formula is C18H13ClN6O2. The van der Waals surface area contributed by atoms with Crippen molar-refractivity contribution in [2.75, 3.05) is 5.32 Å². The maximum atomic E-state index is 12.6. The Bertz CT molecular complexity index is 1170. The quantitative estimate of drug-likeness (QED) is 0.549. The second-order valence-corrected chi connectivity index (χ2v) is 6.12. The normalized spacial score (nSPS) is 10.9. The zero-order valence-corrected chi connectivity index (χ0v) is 14.9. The van der Waals surface area contributed by atoms with Gasteiger partial charge in [0, 0.05) is 30.6 Å². The molecule has 0 spiro atoms. The molecule has 0 fully saturated rings. The molecule has 9 heteroatoms. The van der Waals surface area contributed by atoms with Crippen LogP contribution in [0.25, 0.3) is 17.0 Å². The summed E-state index contributed by atoms with van der Waals surface area (Å²) < 4.78 is 2.92. The summed E-state index contributed by atoms with van der Waals surface area (Å²) in [6.07, 6.45) is 2.96. The van der Waals surface area contributed by atoms with Crippen molar-refractivity contribution in [2.45, 2.75) is 0 Å². The van der Waals surface area contributed by atoms with Crippen molar-refractivity contribution >= 4 is 34.1 Å². The van der Waals surface area contributed by atoms with Crippen LogP contribution in [0.15, 0.2) is 54.9 Å². The third kappa shape index (κ3) is 3.18. The van der Waals surface area contributed by atoms with E-state index in [9.17, 15) is 9.59 Å². The Balaban J connectivity index is 1.64. The summed E-state index contributed by atoms with van der Waals surface area (Å²) in [6, 6.07) is 13.0. The van der Waals surface area contributed by atoms with Crippen molar-refractivity contribution in [3.63, 3.8) is 0 Å². The lowest BCUT2D eigenvalue weighted by Crippen LogP contribution is -2.18. The highest BCUT2D eigenvalue weighted by Crippen LogP contribution is 2.19. The first-order valence-corrected chi connectivity index (χ1v) is 8.36. The van der Waals surface area contributed by atoms with E-state index in [1.807, 2.05) is 30.3 Å². The fourth-order valence-corrected chi connectivity index (χ4v) is 2.85. The van der Waals surface area contributed by atoms with Crippen LogP contribution in [0.2, 0.25) is 0 Å². The summed E-state index contributed by atoms with van der Waals surface area (Å²) >= 11 is 5.51. The lowest BCUT2D eigenvalue weighted by atomic mass is 10.2. The molecule has 0 saturated carbocycles. The van der Waals surface area contributed by atoms with Gasteiger partial charge in [0.25, 0.3) is 11.1 Å². The average Bonchev–Trinajstić information content (AvgIpc) is 3.25. The second-order valence-electron chi connectivity index (χ2n) is 5.78. The molecule has 4 rings (SSSR count). The lowest BCUT2D eigenvalue weighted by molar-refractivity contribution is 0.100. The van der Waals surface area contributed by atoms with Gasteiger partial charge in [0.05, 0.1) is 11.8 Å². The van der Waals surface area contributed by atoms with Crippen LogP contribution in [-0.2, 0) is 7.05 Å². The molecule has 0 bridgehead atoms. The van der Waals surface area contributed by atoms with Crippen LogP contribution in [0.1, 0.15) is 20.8 Å². The Labute approximate surface area is 158 Å². The number of nitrogens with zero attached hydrogens (tertiary/aromatic N) is 5. The molecule has 0 aliphatic heterocycles. The van der Waals surface area contributed by atoms with Gasteiger partial charge in [-0.3, -0.25) is 14.3 Å². The number of aryl methyl sites for hydroxylation is 1. The first-order valence-electron chi connectivity index (χ1n) is 7.98. The van der Waals surface area contributed by atoms with Crippen molar-refractivity contribution in [1.82, 2.24) is 24.4 Å². The van der Waals surface area contributed by atoms with Crippen LogP contribution < -0.4 is 5.32 Å². The molecule has 3 heterocycles. The number of carbonyl (C=O) groups is 2. The number of benzene rings is 1. The van der Waals surface area contributed by atoms with E-state index in [0.29, 0.717) is 17.2 Å². The highest BCUT2D eigenvalue weighted by Gasteiger charge is 2.21. The van der Waals surface area contributed by atoms with Gasteiger partial charge in [0.1, 0.15) is 5.69 Å². The summed E-state index contributed by atoms with van der Waals surface area (Å²) in [7, 11) is 1.56. The van der Waals surface area contributed by atoms with E-state index in [1.165, 1.54) is 10.9 Å². The number of nitrogens with one attached hydrogen (secondary N) is 1. The molecule has 1 aromatic carbocycles. The third-order valence-electron chi connectivity index (χ3n) is 3.99. The van der Waals surface area contributed by atoms with Gasteiger partial charge < -0.3 is 5.32 Å². The maximum absolute atomic E-state index is 12.6. The van der Waals surface area contributed by atoms with Gasteiger partial charge in [-0.25, -0.2) is 9.50 Å².